The van der Waals surface area contributed by atoms with E-state index in [0.717, 1.165) is 43.5 Å². The first-order valence-corrected chi connectivity index (χ1v) is 9.70. The van der Waals surface area contributed by atoms with Crippen LogP contribution in [0.2, 0.25) is 0 Å². The maximum Gasteiger partial charge on any atom is 0.226 e. The fraction of sp³-hybridized carbons (Fsp3) is 0.722. The van der Waals surface area contributed by atoms with Gasteiger partial charge in [0.05, 0.1) is 12.2 Å². The summed E-state index contributed by atoms with van der Waals surface area (Å²) in [5, 5.41) is 12.4. The van der Waals surface area contributed by atoms with Crippen LogP contribution in [-0.4, -0.2) is 41.2 Å². The van der Waals surface area contributed by atoms with Gasteiger partial charge in [-0.15, -0.1) is 11.3 Å². The monoisotopic (exact) mass is 337 g/mol. The third kappa shape index (κ3) is 3.95. The summed E-state index contributed by atoms with van der Waals surface area (Å²) in [6.07, 6.45) is 5.17. The van der Waals surface area contributed by atoms with Crippen LogP contribution in [0.5, 0.6) is 0 Å². The number of ether oxygens (including phenoxy) is 1. The molecule has 1 amide bonds. The van der Waals surface area contributed by atoms with E-state index in [0.29, 0.717) is 13.0 Å². The van der Waals surface area contributed by atoms with Crippen molar-refractivity contribution < 1.29 is 14.6 Å². The summed E-state index contributed by atoms with van der Waals surface area (Å²) in [7, 11) is 0. The molecule has 1 aromatic heterocycles. The molecule has 3 rings (SSSR count). The molecule has 0 saturated carbocycles. The fourth-order valence-electron chi connectivity index (χ4n) is 3.85. The summed E-state index contributed by atoms with van der Waals surface area (Å²) in [6.45, 7) is 3.66. The minimum atomic E-state index is -0.452. The number of hydrogen-bond acceptors (Lipinski definition) is 4. The van der Waals surface area contributed by atoms with Crippen LogP contribution in [0.25, 0.3) is 0 Å². The summed E-state index contributed by atoms with van der Waals surface area (Å²) in [5.74, 6) is 0.390. The quantitative estimate of drug-likeness (QED) is 0.896. The van der Waals surface area contributed by atoms with Crippen molar-refractivity contribution in [3.8, 4) is 0 Å². The van der Waals surface area contributed by atoms with E-state index in [1.54, 1.807) is 11.3 Å². The highest BCUT2D eigenvalue weighted by molar-refractivity contribution is 7.10. The lowest BCUT2D eigenvalue weighted by molar-refractivity contribution is -0.142. The van der Waals surface area contributed by atoms with Crippen LogP contribution in [0.3, 0.4) is 0 Å². The number of likely N-dealkylation sites (tertiary alicyclic amines) is 1. The predicted molar refractivity (Wildman–Crippen MR) is 91.4 cm³/mol. The van der Waals surface area contributed by atoms with Gasteiger partial charge >= 0.3 is 0 Å². The Kier molecular flexibility index (Phi) is 5.72. The van der Waals surface area contributed by atoms with Gasteiger partial charge in [0.15, 0.2) is 0 Å². The van der Waals surface area contributed by atoms with E-state index in [1.165, 1.54) is 0 Å². The zero-order valence-corrected chi connectivity index (χ0v) is 14.6. The maximum absolute atomic E-state index is 12.9. The third-order valence-electron chi connectivity index (χ3n) is 5.20. The van der Waals surface area contributed by atoms with Crippen LogP contribution in [-0.2, 0) is 9.53 Å². The summed E-state index contributed by atoms with van der Waals surface area (Å²) in [5.41, 5.74) is 0. The lowest BCUT2D eigenvalue weighted by Crippen LogP contribution is -2.43. The van der Waals surface area contributed by atoms with Gasteiger partial charge in [-0.3, -0.25) is 4.79 Å². The Morgan fingerprint density at radius 3 is 3.13 bits per heavy atom. The number of carbonyl (C=O) groups is 1. The zero-order chi connectivity index (χ0) is 16.2. The van der Waals surface area contributed by atoms with E-state index >= 15 is 0 Å². The molecule has 23 heavy (non-hydrogen) atoms. The van der Waals surface area contributed by atoms with Gasteiger partial charge in [0.25, 0.3) is 0 Å². The van der Waals surface area contributed by atoms with Crippen molar-refractivity contribution in [2.45, 2.75) is 63.7 Å². The normalized spacial score (nSPS) is 29.7. The van der Waals surface area contributed by atoms with Crippen LogP contribution in [0.4, 0.5) is 0 Å². The van der Waals surface area contributed by atoms with Crippen LogP contribution >= 0.6 is 11.3 Å². The SMILES string of the molecule is CC[C@@H]1C[C@H](C(=O)N2CCC[C@H]2C[C@H](O)c2cccs2)CCO1. The molecule has 0 radical (unpaired) electrons. The summed E-state index contributed by atoms with van der Waals surface area (Å²) in [4.78, 5) is 16.0. The number of rotatable bonds is 5. The molecule has 3 heterocycles. The van der Waals surface area contributed by atoms with Crippen molar-refractivity contribution in [2.24, 2.45) is 5.92 Å². The summed E-state index contributed by atoms with van der Waals surface area (Å²) >= 11 is 1.59. The van der Waals surface area contributed by atoms with Gasteiger partial charge in [0, 0.05) is 30.0 Å². The first kappa shape index (κ1) is 16.9. The molecule has 1 aromatic rings. The second-order valence-electron chi connectivity index (χ2n) is 6.72. The molecular formula is C18H27NO3S. The van der Waals surface area contributed by atoms with E-state index in [1.807, 2.05) is 22.4 Å². The average molecular weight is 337 g/mol. The Hall–Kier alpha value is -0.910. The van der Waals surface area contributed by atoms with Gasteiger partial charge in [-0.05, 0) is 50.0 Å². The number of aliphatic hydroxyl groups is 1. The van der Waals surface area contributed by atoms with E-state index in [2.05, 4.69) is 6.92 Å². The van der Waals surface area contributed by atoms with Gasteiger partial charge in [-0.1, -0.05) is 13.0 Å². The lowest BCUT2D eigenvalue weighted by atomic mass is 9.92. The van der Waals surface area contributed by atoms with E-state index in [4.69, 9.17) is 4.74 Å². The molecule has 4 nitrogen and oxygen atoms in total. The van der Waals surface area contributed by atoms with Gasteiger partial charge in [-0.2, -0.15) is 0 Å². The molecule has 0 aromatic carbocycles. The number of thiophene rings is 1. The Labute approximate surface area is 142 Å². The average Bonchev–Trinajstić information content (AvgIpc) is 3.26. The van der Waals surface area contributed by atoms with E-state index in [-0.39, 0.29) is 24.0 Å². The lowest BCUT2D eigenvalue weighted by Gasteiger charge is -2.34. The predicted octanol–water partition coefficient (Wildman–Crippen LogP) is 3.37. The molecule has 4 atom stereocenters. The molecule has 0 spiro atoms. The number of nitrogens with zero attached hydrogens (tertiary/aromatic N) is 1. The standard InChI is InChI=1S/C18H27NO3S/c1-2-15-11-13(7-9-22-15)18(21)19-8-3-5-14(19)12-16(20)17-6-4-10-23-17/h4,6,10,13-16,20H,2-3,5,7-9,11-12H2,1H3/t13-,14+,15-,16+/m1/s1. The minimum Gasteiger partial charge on any atom is -0.387 e. The number of hydrogen-bond donors (Lipinski definition) is 1. The molecule has 5 heteroatoms. The molecule has 1 N–H and O–H groups in total. The van der Waals surface area contributed by atoms with Crippen molar-refractivity contribution in [1.82, 2.24) is 4.90 Å². The van der Waals surface area contributed by atoms with Crippen molar-refractivity contribution >= 4 is 17.2 Å². The summed E-state index contributed by atoms with van der Waals surface area (Å²) < 4.78 is 5.70. The van der Waals surface area contributed by atoms with Crippen molar-refractivity contribution in [3.05, 3.63) is 22.4 Å². The maximum atomic E-state index is 12.9. The Bertz CT molecular complexity index is 504. The highest BCUT2D eigenvalue weighted by Gasteiger charge is 2.36. The second-order valence-corrected chi connectivity index (χ2v) is 7.70. The van der Waals surface area contributed by atoms with E-state index in [9.17, 15) is 9.90 Å². The topological polar surface area (TPSA) is 49.8 Å². The fourth-order valence-corrected chi connectivity index (χ4v) is 4.57. The third-order valence-corrected chi connectivity index (χ3v) is 6.17. The van der Waals surface area contributed by atoms with Gasteiger partial charge in [0.1, 0.15) is 0 Å². The molecular weight excluding hydrogens is 310 g/mol. The Morgan fingerprint density at radius 2 is 2.39 bits per heavy atom. The molecule has 2 aliphatic heterocycles. The van der Waals surface area contributed by atoms with Crippen LogP contribution < -0.4 is 0 Å². The zero-order valence-electron chi connectivity index (χ0n) is 13.8. The first-order valence-electron chi connectivity index (χ1n) is 8.82. The molecule has 128 valence electrons. The summed E-state index contributed by atoms with van der Waals surface area (Å²) in [6, 6.07) is 4.12. The second kappa shape index (κ2) is 7.77. The van der Waals surface area contributed by atoms with Crippen LogP contribution in [0, 0.1) is 5.92 Å². The number of carbonyl (C=O) groups excluding carboxylic acids is 1. The van der Waals surface area contributed by atoms with Crippen LogP contribution in [0.1, 0.15) is 56.4 Å². The van der Waals surface area contributed by atoms with Crippen molar-refractivity contribution in [2.75, 3.05) is 13.2 Å². The molecule has 0 bridgehead atoms. The first-order chi connectivity index (χ1) is 11.2. The highest BCUT2D eigenvalue weighted by Crippen LogP contribution is 2.32. The van der Waals surface area contributed by atoms with Gasteiger partial charge in [-0.25, -0.2) is 0 Å². The van der Waals surface area contributed by atoms with E-state index < -0.39 is 6.10 Å². The van der Waals surface area contributed by atoms with Gasteiger partial charge < -0.3 is 14.7 Å². The smallest absolute Gasteiger partial charge is 0.226 e. The number of aliphatic hydroxyl groups excluding tert-OH is 1. The molecule has 2 aliphatic rings. The molecule has 0 unspecified atom stereocenters. The largest absolute Gasteiger partial charge is 0.387 e. The van der Waals surface area contributed by atoms with Crippen molar-refractivity contribution in [3.63, 3.8) is 0 Å². The molecule has 2 fully saturated rings. The molecule has 2 saturated heterocycles. The van der Waals surface area contributed by atoms with Gasteiger partial charge in [0.2, 0.25) is 5.91 Å². The minimum absolute atomic E-state index is 0.105. The number of amides is 1. The van der Waals surface area contributed by atoms with Crippen LogP contribution in [0.15, 0.2) is 17.5 Å². The highest BCUT2D eigenvalue weighted by atomic mass is 32.1. The Morgan fingerprint density at radius 1 is 1.52 bits per heavy atom. The molecule has 0 aliphatic carbocycles. The van der Waals surface area contributed by atoms with Crippen molar-refractivity contribution in [1.29, 1.82) is 0 Å². The Balaban J connectivity index is 1.60.